The van der Waals surface area contributed by atoms with Crippen LogP contribution in [0.15, 0.2) is 81.4 Å². The number of carbonyl (C=O) groups excluding carboxylic acids is 1. The molecule has 0 aliphatic rings. The average molecular weight is 376 g/mol. The van der Waals surface area contributed by atoms with Gasteiger partial charge in [0.05, 0.1) is 24.5 Å². The third-order valence-corrected chi connectivity index (χ3v) is 4.18. The standard InChI is InChI=1S/C20H16N4O4/c25-19-17(6-7-18(23-19)14-4-2-1-3-5-14)20(26)24(8-15-10-27-12-21-15)9-16-11-28-13-22-16/h1-7,10-13H,8-9H2,(H,23,25). The summed E-state index contributed by atoms with van der Waals surface area (Å²) in [6.07, 6.45) is 5.47. The summed E-state index contributed by atoms with van der Waals surface area (Å²) in [5.74, 6) is -0.438. The zero-order chi connectivity index (χ0) is 19.3. The van der Waals surface area contributed by atoms with Crippen molar-refractivity contribution >= 4 is 5.91 Å². The van der Waals surface area contributed by atoms with Crippen molar-refractivity contribution < 1.29 is 13.6 Å². The Labute approximate surface area is 159 Å². The lowest BCUT2D eigenvalue weighted by Crippen LogP contribution is -2.34. The lowest BCUT2D eigenvalue weighted by molar-refractivity contribution is 0.0724. The quantitative estimate of drug-likeness (QED) is 0.555. The Bertz CT molecular complexity index is 1070. The minimum absolute atomic E-state index is 0.0340. The van der Waals surface area contributed by atoms with Crippen molar-refractivity contribution in [2.45, 2.75) is 13.1 Å². The van der Waals surface area contributed by atoms with Gasteiger partial charge in [0.25, 0.3) is 11.5 Å². The van der Waals surface area contributed by atoms with E-state index in [0.29, 0.717) is 17.1 Å². The lowest BCUT2D eigenvalue weighted by Gasteiger charge is -2.20. The second-order valence-corrected chi connectivity index (χ2v) is 6.10. The van der Waals surface area contributed by atoms with E-state index in [1.54, 1.807) is 6.07 Å². The summed E-state index contributed by atoms with van der Waals surface area (Å²) < 4.78 is 9.95. The molecular weight excluding hydrogens is 360 g/mol. The predicted octanol–water partition coefficient (Wildman–Crippen LogP) is 2.86. The molecule has 4 aromatic rings. The van der Waals surface area contributed by atoms with E-state index in [9.17, 15) is 9.59 Å². The first-order chi connectivity index (χ1) is 13.7. The number of rotatable bonds is 6. The SMILES string of the molecule is O=C(c1ccc(-c2ccccc2)[nH]c1=O)N(Cc1cocn1)Cc1cocn1. The highest BCUT2D eigenvalue weighted by molar-refractivity contribution is 5.94. The van der Waals surface area contributed by atoms with Crippen molar-refractivity contribution in [3.8, 4) is 11.3 Å². The molecule has 0 radical (unpaired) electrons. The molecular formula is C20H16N4O4. The van der Waals surface area contributed by atoms with Crippen LogP contribution < -0.4 is 5.56 Å². The van der Waals surface area contributed by atoms with Crippen molar-refractivity contribution in [3.63, 3.8) is 0 Å². The summed E-state index contributed by atoms with van der Waals surface area (Å²) in [6.45, 7) is 0.337. The summed E-state index contributed by atoms with van der Waals surface area (Å²) in [5.41, 5.74) is 2.20. The number of nitrogens with zero attached hydrogens (tertiary/aromatic N) is 3. The fourth-order valence-electron chi connectivity index (χ4n) is 2.82. The van der Waals surface area contributed by atoms with E-state index >= 15 is 0 Å². The molecule has 3 aromatic heterocycles. The highest BCUT2D eigenvalue weighted by Gasteiger charge is 2.21. The molecule has 1 aromatic carbocycles. The zero-order valence-corrected chi connectivity index (χ0v) is 14.7. The average Bonchev–Trinajstić information content (AvgIpc) is 3.42. The third kappa shape index (κ3) is 3.75. The second kappa shape index (κ2) is 7.75. The summed E-state index contributed by atoms with van der Waals surface area (Å²) in [6, 6.07) is 12.7. The van der Waals surface area contributed by atoms with Gasteiger partial charge in [0.2, 0.25) is 0 Å². The maximum Gasteiger partial charge on any atom is 0.261 e. The van der Waals surface area contributed by atoms with Crippen molar-refractivity contribution in [3.05, 3.63) is 95.1 Å². The Hall–Kier alpha value is -3.94. The van der Waals surface area contributed by atoms with Crippen LogP contribution in [0.3, 0.4) is 0 Å². The summed E-state index contributed by atoms with van der Waals surface area (Å²) in [5, 5.41) is 0. The van der Waals surface area contributed by atoms with Crippen molar-refractivity contribution in [1.29, 1.82) is 0 Å². The van der Waals surface area contributed by atoms with E-state index in [1.165, 1.54) is 36.3 Å². The Morgan fingerprint density at radius 1 is 0.929 bits per heavy atom. The monoisotopic (exact) mass is 376 g/mol. The largest absolute Gasteiger partial charge is 0.451 e. The summed E-state index contributed by atoms with van der Waals surface area (Å²) in [7, 11) is 0. The number of oxazole rings is 2. The first-order valence-corrected chi connectivity index (χ1v) is 8.53. The van der Waals surface area contributed by atoms with E-state index in [4.69, 9.17) is 8.83 Å². The fourth-order valence-corrected chi connectivity index (χ4v) is 2.82. The van der Waals surface area contributed by atoms with Crippen molar-refractivity contribution in [1.82, 2.24) is 19.9 Å². The fraction of sp³-hybridized carbons (Fsp3) is 0.100. The van der Waals surface area contributed by atoms with Gasteiger partial charge >= 0.3 is 0 Å². The molecule has 28 heavy (non-hydrogen) atoms. The van der Waals surface area contributed by atoms with Gasteiger partial charge in [-0.05, 0) is 17.7 Å². The molecule has 0 saturated heterocycles. The molecule has 0 aliphatic carbocycles. The van der Waals surface area contributed by atoms with Crippen LogP contribution in [-0.4, -0.2) is 25.8 Å². The number of hydrogen-bond acceptors (Lipinski definition) is 6. The first kappa shape index (κ1) is 17.5. The molecule has 8 nitrogen and oxygen atoms in total. The summed E-state index contributed by atoms with van der Waals surface area (Å²) in [4.78, 5) is 38.0. The molecule has 8 heteroatoms. The van der Waals surface area contributed by atoms with Gasteiger partial charge in [-0.15, -0.1) is 0 Å². The Kier molecular flexibility index (Phi) is 4.83. The Balaban J connectivity index is 1.63. The molecule has 0 aliphatic heterocycles. The lowest BCUT2D eigenvalue weighted by atomic mass is 10.1. The Morgan fingerprint density at radius 2 is 1.57 bits per heavy atom. The number of carbonyl (C=O) groups is 1. The number of benzene rings is 1. The highest BCUT2D eigenvalue weighted by atomic mass is 16.3. The van der Waals surface area contributed by atoms with Crippen LogP contribution in [0.1, 0.15) is 21.7 Å². The summed E-state index contributed by atoms with van der Waals surface area (Å²) >= 11 is 0. The smallest absolute Gasteiger partial charge is 0.261 e. The molecule has 140 valence electrons. The molecule has 0 atom stereocenters. The first-order valence-electron chi connectivity index (χ1n) is 8.53. The van der Waals surface area contributed by atoms with Crippen molar-refractivity contribution in [2.24, 2.45) is 0 Å². The van der Waals surface area contributed by atoms with Gasteiger partial charge in [0.15, 0.2) is 12.8 Å². The van der Waals surface area contributed by atoms with Gasteiger partial charge in [0.1, 0.15) is 18.1 Å². The Morgan fingerprint density at radius 3 is 2.11 bits per heavy atom. The molecule has 0 unspecified atom stereocenters. The molecule has 3 heterocycles. The molecule has 1 N–H and O–H groups in total. The van der Waals surface area contributed by atoms with Gasteiger partial charge in [-0.3, -0.25) is 9.59 Å². The van der Waals surface area contributed by atoms with E-state index < -0.39 is 11.5 Å². The number of H-pyrrole nitrogens is 1. The van der Waals surface area contributed by atoms with Gasteiger partial charge in [-0.2, -0.15) is 0 Å². The number of aromatic nitrogens is 3. The van der Waals surface area contributed by atoms with E-state index in [1.807, 2.05) is 30.3 Å². The predicted molar refractivity (Wildman–Crippen MR) is 99.1 cm³/mol. The molecule has 4 rings (SSSR count). The van der Waals surface area contributed by atoms with Crippen LogP contribution in [0.25, 0.3) is 11.3 Å². The topological polar surface area (TPSA) is 105 Å². The van der Waals surface area contributed by atoms with Crippen LogP contribution in [0, 0.1) is 0 Å². The molecule has 0 spiro atoms. The van der Waals surface area contributed by atoms with Crippen LogP contribution in [-0.2, 0) is 13.1 Å². The van der Waals surface area contributed by atoms with Gasteiger partial charge in [-0.25, -0.2) is 9.97 Å². The maximum atomic E-state index is 13.1. The third-order valence-electron chi connectivity index (χ3n) is 4.18. The van der Waals surface area contributed by atoms with E-state index in [-0.39, 0.29) is 18.7 Å². The van der Waals surface area contributed by atoms with Gasteiger partial charge in [0, 0.05) is 5.69 Å². The van der Waals surface area contributed by atoms with Crippen LogP contribution >= 0.6 is 0 Å². The second-order valence-electron chi connectivity index (χ2n) is 6.10. The van der Waals surface area contributed by atoms with Crippen molar-refractivity contribution in [2.75, 3.05) is 0 Å². The molecule has 1 amide bonds. The molecule has 0 fully saturated rings. The normalized spacial score (nSPS) is 10.7. The number of amides is 1. The van der Waals surface area contributed by atoms with Crippen LogP contribution in [0.2, 0.25) is 0 Å². The minimum atomic E-state index is -0.461. The van der Waals surface area contributed by atoms with Crippen LogP contribution in [0.5, 0.6) is 0 Å². The molecule has 0 saturated carbocycles. The van der Waals surface area contributed by atoms with Crippen LogP contribution in [0.4, 0.5) is 0 Å². The highest BCUT2D eigenvalue weighted by Crippen LogP contribution is 2.16. The molecule has 0 bridgehead atoms. The van der Waals surface area contributed by atoms with E-state index in [0.717, 1.165) is 5.56 Å². The number of aromatic amines is 1. The maximum absolute atomic E-state index is 13.1. The number of hydrogen-bond donors (Lipinski definition) is 1. The minimum Gasteiger partial charge on any atom is -0.451 e. The van der Waals surface area contributed by atoms with Gasteiger partial charge < -0.3 is 18.7 Å². The van der Waals surface area contributed by atoms with E-state index in [2.05, 4.69) is 15.0 Å². The number of pyridine rings is 1. The van der Waals surface area contributed by atoms with Gasteiger partial charge in [-0.1, -0.05) is 30.3 Å². The number of nitrogens with one attached hydrogen (secondary N) is 1. The zero-order valence-electron chi connectivity index (χ0n) is 14.7.